The summed E-state index contributed by atoms with van der Waals surface area (Å²) in [7, 11) is -4.72. The van der Waals surface area contributed by atoms with E-state index < -0.39 is 39.0 Å². The molecular formula is C10H14KN5O7P+. The van der Waals surface area contributed by atoms with Gasteiger partial charge in [-0.15, -0.1) is 0 Å². The van der Waals surface area contributed by atoms with E-state index >= 15 is 0 Å². The number of ether oxygens (including phenoxy) is 1. The smallest absolute Gasteiger partial charge is 0.387 e. The Bertz CT molecular complexity index is 769. The van der Waals surface area contributed by atoms with E-state index in [9.17, 15) is 14.8 Å². The number of hydrogen-bond acceptors (Lipinski definition) is 9. The molecule has 0 saturated carbocycles. The number of nitrogens with two attached hydrogens (primary N) is 1. The number of rotatable bonds is 4. The number of imidazole rings is 1. The normalized spacial score (nSPS) is 27.3. The molecule has 6 N–H and O–H groups in total. The molecule has 14 heteroatoms. The second-order valence-electron chi connectivity index (χ2n) is 4.92. The molecule has 4 unspecified atom stereocenters. The number of aromatic nitrogens is 4. The molecule has 0 amide bonds. The summed E-state index contributed by atoms with van der Waals surface area (Å²) < 4.78 is 21.8. The summed E-state index contributed by atoms with van der Waals surface area (Å²) in [5.74, 6) is 0.142. The average molecular weight is 386 g/mol. The van der Waals surface area contributed by atoms with Crippen molar-refractivity contribution in [2.75, 3.05) is 12.3 Å². The van der Waals surface area contributed by atoms with E-state index in [4.69, 9.17) is 20.3 Å². The van der Waals surface area contributed by atoms with Gasteiger partial charge in [0.05, 0.1) is 12.9 Å². The molecule has 2 aromatic rings. The Hall–Kier alpha value is -0.0236. The van der Waals surface area contributed by atoms with Crippen LogP contribution in [0, 0.1) is 0 Å². The molecule has 24 heavy (non-hydrogen) atoms. The van der Waals surface area contributed by atoms with Crippen molar-refractivity contribution < 1.29 is 85.2 Å². The maximum atomic E-state index is 10.7. The zero-order valence-electron chi connectivity index (χ0n) is 12.5. The molecule has 126 valence electrons. The Morgan fingerprint density at radius 2 is 2.00 bits per heavy atom. The molecular weight excluding hydrogens is 372 g/mol. The summed E-state index contributed by atoms with van der Waals surface area (Å²) in [6, 6.07) is 0. The summed E-state index contributed by atoms with van der Waals surface area (Å²) in [5, 5.41) is 20.1. The number of anilines is 1. The molecule has 2 aromatic heterocycles. The topological polar surface area (TPSA) is 186 Å². The van der Waals surface area contributed by atoms with E-state index in [2.05, 4.69) is 19.5 Å². The van der Waals surface area contributed by atoms with Crippen molar-refractivity contribution in [3.05, 3.63) is 12.7 Å². The molecule has 0 aliphatic carbocycles. The van der Waals surface area contributed by atoms with Crippen molar-refractivity contribution in [3.8, 4) is 0 Å². The molecule has 1 aliphatic heterocycles. The summed E-state index contributed by atoms with van der Waals surface area (Å²) in [6.07, 6.45) is -2.49. The zero-order valence-corrected chi connectivity index (χ0v) is 16.5. The van der Waals surface area contributed by atoms with Crippen LogP contribution in [0.25, 0.3) is 11.2 Å². The fourth-order valence-corrected chi connectivity index (χ4v) is 2.66. The van der Waals surface area contributed by atoms with Gasteiger partial charge < -0.3 is 30.5 Å². The van der Waals surface area contributed by atoms with Gasteiger partial charge in [-0.05, 0) is 0 Å². The minimum absolute atomic E-state index is 0. The number of nitrogen functional groups attached to an aromatic ring is 1. The predicted molar refractivity (Wildman–Crippen MR) is 73.7 cm³/mol. The SMILES string of the molecule is Nc1ncnc2c1ncn2C1OC(COP(=O)(O)O)C(O)C1O.[K+]. The van der Waals surface area contributed by atoms with Gasteiger partial charge in [-0.2, -0.15) is 0 Å². The third-order valence-electron chi connectivity index (χ3n) is 3.41. The molecule has 0 bridgehead atoms. The molecule has 4 atom stereocenters. The predicted octanol–water partition coefficient (Wildman–Crippen LogP) is -4.86. The van der Waals surface area contributed by atoms with Crippen LogP contribution in [0.2, 0.25) is 0 Å². The van der Waals surface area contributed by atoms with Crippen molar-refractivity contribution >= 4 is 24.8 Å². The number of aliphatic hydroxyl groups excluding tert-OH is 2. The first-order valence-electron chi connectivity index (χ1n) is 6.42. The Labute approximate surface area is 177 Å². The van der Waals surface area contributed by atoms with Crippen LogP contribution in [0.15, 0.2) is 12.7 Å². The fraction of sp³-hybridized carbons (Fsp3) is 0.500. The standard InChI is InChI=1S/C10H14N5O7P.K/c11-8-5-9(13-2-12-8)15(3-14-5)10-7(17)6(16)4(22-10)1-21-23(18,19)20;/h2-4,6-7,10,16-17H,1H2,(H2,11,12,13)(H2,18,19,20);/q;+1. The van der Waals surface area contributed by atoms with Gasteiger partial charge in [0.25, 0.3) is 0 Å². The van der Waals surface area contributed by atoms with Crippen LogP contribution in [0.5, 0.6) is 0 Å². The number of nitrogens with zero attached hydrogens (tertiary/aromatic N) is 4. The zero-order chi connectivity index (χ0) is 16.8. The van der Waals surface area contributed by atoms with Gasteiger partial charge in [0.15, 0.2) is 17.7 Å². The van der Waals surface area contributed by atoms with Crippen molar-refractivity contribution in [2.24, 2.45) is 0 Å². The van der Waals surface area contributed by atoms with Gasteiger partial charge in [-0.1, -0.05) is 0 Å². The number of aliphatic hydroxyl groups is 2. The molecule has 0 spiro atoms. The van der Waals surface area contributed by atoms with Gasteiger partial charge in [-0.25, -0.2) is 19.5 Å². The van der Waals surface area contributed by atoms with Crippen LogP contribution in [0.3, 0.4) is 0 Å². The monoisotopic (exact) mass is 386 g/mol. The average Bonchev–Trinajstić information content (AvgIpc) is 3.01. The van der Waals surface area contributed by atoms with Crippen molar-refractivity contribution in [1.29, 1.82) is 0 Å². The molecule has 1 fully saturated rings. The first-order valence-corrected chi connectivity index (χ1v) is 7.95. The first-order chi connectivity index (χ1) is 10.8. The molecule has 12 nitrogen and oxygen atoms in total. The van der Waals surface area contributed by atoms with E-state index in [1.807, 2.05) is 0 Å². The van der Waals surface area contributed by atoms with Crippen LogP contribution in [-0.2, 0) is 13.8 Å². The molecule has 3 rings (SSSR count). The van der Waals surface area contributed by atoms with Gasteiger partial charge in [0.2, 0.25) is 0 Å². The summed E-state index contributed by atoms with van der Waals surface area (Å²) >= 11 is 0. The summed E-state index contributed by atoms with van der Waals surface area (Å²) in [4.78, 5) is 29.2. The minimum atomic E-state index is -4.72. The second kappa shape index (κ2) is 7.69. The maximum absolute atomic E-state index is 10.7. The third-order valence-corrected chi connectivity index (χ3v) is 3.89. The van der Waals surface area contributed by atoms with E-state index in [1.54, 1.807) is 0 Å². The Morgan fingerprint density at radius 3 is 2.67 bits per heavy atom. The molecule has 1 aliphatic rings. The van der Waals surface area contributed by atoms with Crippen LogP contribution >= 0.6 is 7.82 Å². The van der Waals surface area contributed by atoms with Crippen LogP contribution in [0.4, 0.5) is 5.82 Å². The maximum Gasteiger partial charge on any atom is 1.00 e. The van der Waals surface area contributed by atoms with Crippen molar-refractivity contribution in [2.45, 2.75) is 24.5 Å². The van der Waals surface area contributed by atoms with E-state index in [1.165, 1.54) is 17.2 Å². The second-order valence-corrected chi connectivity index (χ2v) is 6.15. The number of fused-ring (bicyclic) bond motifs is 1. The van der Waals surface area contributed by atoms with E-state index in [0.29, 0.717) is 5.52 Å². The van der Waals surface area contributed by atoms with Crippen LogP contribution in [0.1, 0.15) is 6.23 Å². The van der Waals surface area contributed by atoms with Crippen molar-refractivity contribution in [1.82, 2.24) is 19.5 Å². The third kappa shape index (κ3) is 4.03. The summed E-state index contributed by atoms with van der Waals surface area (Å²) in [5.41, 5.74) is 6.25. The van der Waals surface area contributed by atoms with Crippen LogP contribution < -0.4 is 57.1 Å². The molecule has 1 saturated heterocycles. The summed E-state index contributed by atoms with van der Waals surface area (Å²) in [6.45, 7) is -0.594. The Balaban J connectivity index is 0.00000208. The Morgan fingerprint density at radius 1 is 1.29 bits per heavy atom. The Kier molecular flexibility index (Phi) is 6.50. The fourth-order valence-electron chi connectivity index (χ4n) is 2.32. The number of phosphoric ester groups is 1. The number of hydrogen-bond donors (Lipinski definition) is 5. The largest absolute Gasteiger partial charge is 1.00 e. The van der Waals surface area contributed by atoms with Gasteiger partial charge in [0, 0.05) is 0 Å². The minimum Gasteiger partial charge on any atom is -0.387 e. The van der Waals surface area contributed by atoms with Crippen molar-refractivity contribution in [3.63, 3.8) is 0 Å². The molecule has 0 radical (unpaired) electrons. The van der Waals surface area contributed by atoms with Gasteiger partial charge in [-0.3, -0.25) is 9.09 Å². The van der Waals surface area contributed by atoms with Crippen LogP contribution in [-0.4, -0.2) is 64.4 Å². The molecule has 0 aromatic carbocycles. The first kappa shape index (κ1) is 20.3. The van der Waals surface area contributed by atoms with E-state index in [0.717, 1.165) is 0 Å². The quantitative estimate of drug-likeness (QED) is 0.250. The molecule has 3 heterocycles. The number of phosphoric acid groups is 1. The van der Waals surface area contributed by atoms with E-state index in [-0.39, 0.29) is 62.8 Å². The van der Waals surface area contributed by atoms with Gasteiger partial charge in [0.1, 0.15) is 30.2 Å². The van der Waals surface area contributed by atoms with Gasteiger partial charge >= 0.3 is 59.2 Å².